The summed E-state index contributed by atoms with van der Waals surface area (Å²) in [5, 5.41) is 4.57. The van der Waals surface area contributed by atoms with Crippen LogP contribution in [0, 0.1) is 0 Å². The molecule has 0 atom stereocenters. The minimum Gasteiger partial charge on any atom is -0.466 e. The average Bonchev–Trinajstić information content (AvgIpc) is 2.38. The van der Waals surface area contributed by atoms with E-state index in [1.807, 2.05) is 6.07 Å². The normalized spacial score (nSPS) is 10.5. The fraction of sp³-hybridized carbons (Fsp3) is 0.462. The number of esters is 1. The van der Waals surface area contributed by atoms with Crippen molar-refractivity contribution in [2.75, 3.05) is 25.4 Å². The summed E-state index contributed by atoms with van der Waals surface area (Å²) in [6.07, 6.45) is 0.399. The Kier molecular flexibility index (Phi) is 8.30. The van der Waals surface area contributed by atoms with Crippen molar-refractivity contribution in [2.24, 2.45) is 0 Å². The van der Waals surface area contributed by atoms with Crippen molar-refractivity contribution in [1.82, 2.24) is 5.32 Å². The van der Waals surface area contributed by atoms with Crippen LogP contribution < -0.4 is 5.32 Å². The highest BCUT2D eigenvalue weighted by Gasteiger charge is 2.03. The highest BCUT2D eigenvalue weighted by Crippen LogP contribution is 2.29. The fourth-order valence-electron chi connectivity index (χ4n) is 1.37. The topological polar surface area (TPSA) is 38.3 Å². The summed E-state index contributed by atoms with van der Waals surface area (Å²) >= 11 is 13.6. The van der Waals surface area contributed by atoms with Crippen molar-refractivity contribution < 1.29 is 9.53 Å². The second kappa shape index (κ2) is 9.48. The lowest BCUT2D eigenvalue weighted by molar-refractivity contribution is -0.142. The van der Waals surface area contributed by atoms with E-state index in [1.54, 1.807) is 30.8 Å². The van der Waals surface area contributed by atoms with Gasteiger partial charge in [0.2, 0.25) is 0 Å². The van der Waals surface area contributed by atoms with Gasteiger partial charge in [-0.3, -0.25) is 4.79 Å². The Morgan fingerprint density at radius 3 is 2.89 bits per heavy atom. The molecule has 0 radical (unpaired) electrons. The van der Waals surface area contributed by atoms with Crippen LogP contribution in [0.25, 0.3) is 0 Å². The summed E-state index contributed by atoms with van der Waals surface area (Å²) < 4.78 is 4.83. The van der Waals surface area contributed by atoms with E-state index in [9.17, 15) is 4.79 Å². The maximum Gasteiger partial charge on any atom is 0.307 e. The lowest BCUT2D eigenvalue weighted by atomic mass is 10.4. The van der Waals surface area contributed by atoms with Crippen LogP contribution in [0.15, 0.2) is 23.1 Å². The number of carbonyl (C=O) groups is 1. The van der Waals surface area contributed by atoms with Crippen molar-refractivity contribution in [2.45, 2.75) is 18.2 Å². The van der Waals surface area contributed by atoms with E-state index < -0.39 is 0 Å². The van der Waals surface area contributed by atoms with Crippen molar-refractivity contribution in [3.05, 3.63) is 28.2 Å². The van der Waals surface area contributed by atoms with Gasteiger partial charge in [-0.25, -0.2) is 0 Å². The lowest BCUT2D eigenvalue weighted by Gasteiger charge is -2.06. The molecule has 0 aliphatic rings. The number of hydrogen-bond acceptors (Lipinski definition) is 4. The Balaban J connectivity index is 2.14. The van der Waals surface area contributed by atoms with E-state index in [0.717, 1.165) is 17.2 Å². The summed E-state index contributed by atoms with van der Waals surface area (Å²) in [4.78, 5) is 12.1. The smallest absolute Gasteiger partial charge is 0.307 e. The SMILES string of the molecule is CCOC(=O)CCNCCSc1cc(Cl)ccc1Cl. The molecule has 1 aromatic carbocycles. The van der Waals surface area contributed by atoms with Gasteiger partial charge in [0.05, 0.1) is 18.1 Å². The maximum absolute atomic E-state index is 11.1. The van der Waals surface area contributed by atoms with Crippen LogP contribution in [0.2, 0.25) is 10.0 Å². The molecule has 1 aromatic rings. The molecule has 0 bridgehead atoms. The van der Waals surface area contributed by atoms with Crippen molar-refractivity contribution in [1.29, 1.82) is 0 Å². The summed E-state index contributed by atoms with van der Waals surface area (Å²) in [7, 11) is 0. The number of thioether (sulfide) groups is 1. The minimum atomic E-state index is -0.166. The zero-order chi connectivity index (χ0) is 14.1. The molecular weight excluding hydrogens is 305 g/mol. The number of carbonyl (C=O) groups excluding carboxylic acids is 1. The number of rotatable bonds is 8. The first kappa shape index (κ1) is 16.6. The fourth-order valence-corrected chi connectivity index (χ4v) is 2.77. The number of halogens is 2. The molecule has 1 N–H and O–H groups in total. The first-order valence-electron chi connectivity index (χ1n) is 6.07. The van der Waals surface area contributed by atoms with Crippen LogP contribution in [0.1, 0.15) is 13.3 Å². The van der Waals surface area contributed by atoms with Gasteiger partial charge in [0, 0.05) is 28.8 Å². The van der Waals surface area contributed by atoms with E-state index in [-0.39, 0.29) is 5.97 Å². The van der Waals surface area contributed by atoms with Gasteiger partial charge in [-0.1, -0.05) is 23.2 Å². The zero-order valence-corrected chi connectivity index (χ0v) is 13.1. The Hall–Kier alpha value is -0.420. The van der Waals surface area contributed by atoms with Crippen LogP contribution in [0.4, 0.5) is 0 Å². The highest BCUT2D eigenvalue weighted by atomic mass is 35.5. The molecule has 0 saturated heterocycles. The molecule has 0 spiro atoms. The molecule has 3 nitrogen and oxygen atoms in total. The van der Waals surface area contributed by atoms with Gasteiger partial charge >= 0.3 is 5.97 Å². The predicted molar refractivity (Wildman–Crippen MR) is 81.3 cm³/mol. The summed E-state index contributed by atoms with van der Waals surface area (Å²) in [6, 6.07) is 5.42. The number of benzene rings is 1. The van der Waals surface area contributed by atoms with Crippen LogP contribution >= 0.6 is 35.0 Å². The quantitative estimate of drug-likeness (QED) is 0.451. The molecule has 106 valence electrons. The Morgan fingerprint density at radius 2 is 2.16 bits per heavy atom. The van der Waals surface area contributed by atoms with Crippen molar-refractivity contribution >= 4 is 40.9 Å². The third-order valence-electron chi connectivity index (χ3n) is 2.24. The average molecular weight is 322 g/mol. The number of hydrogen-bond donors (Lipinski definition) is 1. The maximum atomic E-state index is 11.1. The molecule has 0 aliphatic heterocycles. The first-order valence-corrected chi connectivity index (χ1v) is 7.82. The molecule has 0 aliphatic carbocycles. The molecular formula is C13H17Cl2NO2S. The number of nitrogens with one attached hydrogen (secondary N) is 1. The highest BCUT2D eigenvalue weighted by molar-refractivity contribution is 7.99. The molecule has 0 amide bonds. The molecule has 0 unspecified atom stereocenters. The Morgan fingerprint density at radius 1 is 1.37 bits per heavy atom. The van der Waals surface area contributed by atoms with E-state index in [1.165, 1.54) is 0 Å². The summed E-state index contributed by atoms with van der Waals surface area (Å²) in [6.45, 7) is 3.66. The van der Waals surface area contributed by atoms with E-state index >= 15 is 0 Å². The van der Waals surface area contributed by atoms with Crippen molar-refractivity contribution in [3.8, 4) is 0 Å². The van der Waals surface area contributed by atoms with Gasteiger partial charge in [-0.05, 0) is 25.1 Å². The molecule has 1 rings (SSSR count). The van der Waals surface area contributed by atoms with Gasteiger partial charge in [-0.2, -0.15) is 0 Å². The van der Waals surface area contributed by atoms with E-state index in [0.29, 0.717) is 29.6 Å². The van der Waals surface area contributed by atoms with Gasteiger partial charge in [0.25, 0.3) is 0 Å². The molecule has 0 aromatic heterocycles. The first-order chi connectivity index (χ1) is 9.13. The van der Waals surface area contributed by atoms with Crippen molar-refractivity contribution in [3.63, 3.8) is 0 Å². The van der Waals surface area contributed by atoms with Crippen LogP contribution in [-0.2, 0) is 9.53 Å². The molecule has 19 heavy (non-hydrogen) atoms. The summed E-state index contributed by atoms with van der Waals surface area (Å²) in [5.74, 6) is 0.698. The largest absolute Gasteiger partial charge is 0.466 e. The second-order valence-electron chi connectivity index (χ2n) is 3.73. The van der Waals surface area contributed by atoms with Gasteiger partial charge in [0.15, 0.2) is 0 Å². The lowest BCUT2D eigenvalue weighted by Crippen LogP contribution is -2.21. The molecule has 0 fully saturated rings. The summed E-state index contributed by atoms with van der Waals surface area (Å²) in [5.41, 5.74) is 0. The third kappa shape index (κ3) is 7.06. The van der Waals surface area contributed by atoms with Gasteiger partial charge < -0.3 is 10.1 Å². The van der Waals surface area contributed by atoms with Crippen LogP contribution in [0.3, 0.4) is 0 Å². The van der Waals surface area contributed by atoms with Gasteiger partial charge in [0.1, 0.15) is 0 Å². The van der Waals surface area contributed by atoms with Crippen LogP contribution in [0.5, 0.6) is 0 Å². The third-order valence-corrected chi connectivity index (χ3v) is 3.97. The Labute approximate surface area is 128 Å². The van der Waals surface area contributed by atoms with E-state index in [2.05, 4.69) is 5.32 Å². The molecule has 6 heteroatoms. The second-order valence-corrected chi connectivity index (χ2v) is 5.71. The van der Waals surface area contributed by atoms with Gasteiger partial charge in [-0.15, -0.1) is 11.8 Å². The Bertz CT molecular complexity index is 416. The standard InChI is InChI=1S/C13H17Cl2NO2S/c1-2-18-13(17)5-6-16-7-8-19-12-9-10(14)3-4-11(12)15/h3-4,9,16H,2,5-8H2,1H3. The van der Waals surface area contributed by atoms with E-state index in [4.69, 9.17) is 27.9 Å². The zero-order valence-electron chi connectivity index (χ0n) is 10.7. The molecule has 0 heterocycles. The number of ether oxygens (including phenoxy) is 1. The predicted octanol–water partition coefficient (Wildman–Crippen LogP) is 3.63. The van der Waals surface area contributed by atoms with Crippen LogP contribution in [-0.4, -0.2) is 31.4 Å². The minimum absolute atomic E-state index is 0.166. The monoisotopic (exact) mass is 321 g/mol. The molecule has 0 saturated carbocycles.